The highest BCUT2D eigenvalue weighted by Crippen LogP contribution is 2.24. The monoisotopic (exact) mass is 274 g/mol. The van der Waals surface area contributed by atoms with Crippen LogP contribution in [-0.2, 0) is 0 Å². The second kappa shape index (κ2) is 5.57. The van der Waals surface area contributed by atoms with Crippen molar-refractivity contribution in [2.75, 3.05) is 13.1 Å². The summed E-state index contributed by atoms with van der Waals surface area (Å²) in [5.41, 5.74) is 1.78. The van der Waals surface area contributed by atoms with Gasteiger partial charge in [0.15, 0.2) is 0 Å². The third kappa shape index (κ3) is 3.04. The van der Waals surface area contributed by atoms with Crippen molar-refractivity contribution in [2.45, 2.75) is 46.2 Å². The lowest BCUT2D eigenvalue weighted by Gasteiger charge is -2.47. The van der Waals surface area contributed by atoms with Crippen LogP contribution in [0.5, 0.6) is 0 Å². The Hall–Kier alpha value is -1.35. The minimum atomic E-state index is -0.147. The zero-order chi connectivity index (χ0) is 14.9. The zero-order valence-corrected chi connectivity index (χ0v) is 13.2. The van der Waals surface area contributed by atoms with E-state index in [1.165, 1.54) is 0 Å². The van der Waals surface area contributed by atoms with Crippen LogP contribution in [0.4, 0.5) is 0 Å². The van der Waals surface area contributed by atoms with Crippen molar-refractivity contribution in [1.82, 2.24) is 10.2 Å². The molecule has 110 valence electrons. The molecule has 1 amide bonds. The standard InChI is InChI=1S/C17H26N2O/c1-12(2)15-10-19(17(4,5)11-18-15)16(20)14-8-6-7-13(3)9-14/h6-9,12,15,18H,10-11H2,1-5H3. The minimum Gasteiger partial charge on any atom is -0.331 e. The van der Waals surface area contributed by atoms with Gasteiger partial charge >= 0.3 is 0 Å². The average molecular weight is 274 g/mol. The average Bonchev–Trinajstić information content (AvgIpc) is 2.37. The maximum Gasteiger partial charge on any atom is 0.254 e. The van der Waals surface area contributed by atoms with Gasteiger partial charge in [-0.2, -0.15) is 0 Å². The Labute approximate surface area is 122 Å². The molecule has 20 heavy (non-hydrogen) atoms. The molecular formula is C17H26N2O. The third-order valence-corrected chi connectivity index (χ3v) is 4.22. The smallest absolute Gasteiger partial charge is 0.254 e. The lowest BCUT2D eigenvalue weighted by Crippen LogP contribution is -2.64. The van der Waals surface area contributed by atoms with Gasteiger partial charge in [0.2, 0.25) is 0 Å². The Morgan fingerprint density at radius 3 is 2.70 bits per heavy atom. The molecule has 1 atom stereocenters. The van der Waals surface area contributed by atoms with Crippen molar-refractivity contribution >= 4 is 5.91 Å². The summed E-state index contributed by atoms with van der Waals surface area (Å²) in [6.07, 6.45) is 0. The fourth-order valence-electron chi connectivity index (χ4n) is 2.72. The van der Waals surface area contributed by atoms with Crippen LogP contribution < -0.4 is 5.32 Å². The highest BCUT2D eigenvalue weighted by molar-refractivity contribution is 5.95. The maximum atomic E-state index is 12.8. The quantitative estimate of drug-likeness (QED) is 0.899. The molecule has 1 aromatic carbocycles. The van der Waals surface area contributed by atoms with E-state index in [2.05, 4.69) is 33.0 Å². The summed E-state index contributed by atoms with van der Waals surface area (Å²) in [4.78, 5) is 14.9. The first-order valence-electron chi connectivity index (χ1n) is 7.43. The summed E-state index contributed by atoms with van der Waals surface area (Å²) >= 11 is 0. The number of hydrogen-bond donors (Lipinski definition) is 1. The highest BCUT2D eigenvalue weighted by Gasteiger charge is 2.38. The SMILES string of the molecule is Cc1cccc(C(=O)N2CC(C(C)C)NCC2(C)C)c1. The van der Waals surface area contributed by atoms with Gasteiger partial charge in [-0.3, -0.25) is 4.79 Å². The van der Waals surface area contributed by atoms with Gasteiger partial charge in [-0.15, -0.1) is 0 Å². The molecule has 1 aromatic rings. The molecule has 0 spiro atoms. The van der Waals surface area contributed by atoms with Gasteiger partial charge in [0.05, 0.1) is 5.54 Å². The first kappa shape index (κ1) is 15.0. The van der Waals surface area contributed by atoms with E-state index in [9.17, 15) is 4.79 Å². The van der Waals surface area contributed by atoms with E-state index >= 15 is 0 Å². The summed E-state index contributed by atoms with van der Waals surface area (Å²) in [5.74, 6) is 0.671. The molecule has 1 unspecified atom stereocenters. The molecule has 1 aliphatic rings. The van der Waals surface area contributed by atoms with Gasteiger partial charge in [-0.25, -0.2) is 0 Å². The molecule has 3 heteroatoms. The third-order valence-electron chi connectivity index (χ3n) is 4.22. The van der Waals surface area contributed by atoms with Gasteiger partial charge in [-0.05, 0) is 38.8 Å². The predicted octanol–water partition coefficient (Wildman–Crippen LogP) is 2.84. The maximum absolute atomic E-state index is 12.8. The summed E-state index contributed by atoms with van der Waals surface area (Å²) < 4.78 is 0. The van der Waals surface area contributed by atoms with Crippen LogP contribution in [0.1, 0.15) is 43.6 Å². The van der Waals surface area contributed by atoms with Crippen LogP contribution in [0, 0.1) is 12.8 Å². The number of rotatable bonds is 2. The predicted molar refractivity (Wildman–Crippen MR) is 82.9 cm³/mol. The number of nitrogens with zero attached hydrogens (tertiary/aromatic N) is 1. The van der Waals surface area contributed by atoms with Gasteiger partial charge in [0, 0.05) is 24.7 Å². The summed E-state index contributed by atoms with van der Waals surface area (Å²) in [7, 11) is 0. The number of hydrogen-bond acceptors (Lipinski definition) is 2. The van der Waals surface area contributed by atoms with Crippen molar-refractivity contribution in [3.05, 3.63) is 35.4 Å². The number of carbonyl (C=O) groups is 1. The number of benzene rings is 1. The largest absolute Gasteiger partial charge is 0.331 e. The van der Waals surface area contributed by atoms with Crippen molar-refractivity contribution < 1.29 is 4.79 Å². The second-order valence-electron chi connectivity index (χ2n) is 6.83. The van der Waals surface area contributed by atoms with E-state index in [-0.39, 0.29) is 11.4 Å². The molecule has 0 bridgehead atoms. The Morgan fingerprint density at radius 1 is 1.40 bits per heavy atom. The lowest BCUT2D eigenvalue weighted by atomic mass is 9.92. The van der Waals surface area contributed by atoms with E-state index in [0.29, 0.717) is 12.0 Å². The molecule has 3 nitrogen and oxygen atoms in total. The number of nitrogens with one attached hydrogen (secondary N) is 1. The van der Waals surface area contributed by atoms with Gasteiger partial charge in [0.1, 0.15) is 0 Å². The highest BCUT2D eigenvalue weighted by atomic mass is 16.2. The van der Waals surface area contributed by atoms with Crippen LogP contribution in [-0.4, -0.2) is 35.5 Å². The summed E-state index contributed by atoms with van der Waals surface area (Å²) in [5, 5.41) is 3.56. The lowest BCUT2D eigenvalue weighted by molar-refractivity contribution is 0.0353. The molecule has 1 N–H and O–H groups in total. The minimum absolute atomic E-state index is 0.144. The van der Waals surface area contributed by atoms with Crippen molar-refractivity contribution in [1.29, 1.82) is 0 Å². The number of carbonyl (C=O) groups excluding carboxylic acids is 1. The molecule has 1 saturated heterocycles. The molecule has 0 aromatic heterocycles. The van der Waals surface area contributed by atoms with Crippen molar-refractivity contribution in [3.63, 3.8) is 0 Å². The molecule has 0 aliphatic carbocycles. The fraction of sp³-hybridized carbons (Fsp3) is 0.588. The van der Waals surface area contributed by atoms with E-state index in [1.807, 2.05) is 36.1 Å². The van der Waals surface area contributed by atoms with Crippen LogP contribution in [0.3, 0.4) is 0 Å². The first-order chi connectivity index (χ1) is 9.31. The van der Waals surface area contributed by atoms with E-state index < -0.39 is 0 Å². The fourth-order valence-corrected chi connectivity index (χ4v) is 2.72. The molecule has 0 radical (unpaired) electrons. The molecular weight excluding hydrogens is 248 g/mol. The molecule has 2 rings (SSSR count). The number of aryl methyl sites for hydroxylation is 1. The number of amides is 1. The Kier molecular flexibility index (Phi) is 4.19. The second-order valence-corrected chi connectivity index (χ2v) is 6.83. The Bertz CT molecular complexity index is 494. The van der Waals surface area contributed by atoms with Gasteiger partial charge < -0.3 is 10.2 Å². The number of piperazine rings is 1. The molecule has 1 fully saturated rings. The molecule has 1 aliphatic heterocycles. The van der Waals surface area contributed by atoms with Crippen molar-refractivity contribution in [3.8, 4) is 0 Å². The topological polar surface area (TPSA) is 32.3 Å². The zero-order valence-electron chi connectivity index (χ0n) is 13.2. The van der Waals surface area contributed by atoms with E-state index in [4.69, 9.17) is 0 Å². The molecule has 0 saturated carbocycles. The van der Waals surface area contributed by atoms with Crippen LogP contribution in [0.25, 0.3) is 0 Å². The first-order valence-corrected chi connectivity index (χ1v) is 7.43. The molecule has 1 heterocycles. The van der Waals surface area contributed by atoms with Crippen molar-refractivity contribution in [2.24, 2.45) is 5.92 Å². The Balaban J connectivity index is 2.25. The normalized spacial score (nSPS) is 22.1. The van der Waals surface area contributed by atoms with Crippen LogP contribution in [0.2, 0.25) is 0 Å². The van der Waals surface area contributed by atoms with Gasteiger partial charge in [0.25, 0.3) is 5.91 Å². The van der Waals surface area contributed by atoms with E-state index in [1.54, 1.807) is 0 Å². The Morgan fingerprint density at radius 2 is 2.10 bits per heavy atom. The van der Waals surface area contributed by atoms with E-state index in [0.717, 1.165) is 24.2 Å². The summed E-state index contributed by atoms with van der Waals surface area (Å²) in [6, 6.07) is 8.24. The van der Waals surface area contributed by atoms with Gasteiger partial charge in [-0.1, -0.05) is 31.5 Å². The van der Waals surface area contributed by atoms with Crippen LogP contribution >= 0.6 is 0 Å². The summed E-state index contributed by atoms with van der Waals surface area (Å²) in [6.45, 7) is 12.3. The van der Waals surface area contributed by atoms with Crippen LogP contribution in [0.15, 0.2) is 24.3 Å².